The van der Waals surface area contributed by atoms with Crippen molar-refractivity contribution in [1.29, 1.82) is 0 Å². The van der Waals surface area contributed by atoms with Gasteiger partial charge in [0.15, 0.2) is 0 Å². The topological polar surface area (TPSA) is 18.5 Å². The smallest absolute Gasteiger partial charge is 0.132 e. The molecule has 1 aromatic rings. The molecule has 0 radical (unpaired) electrons. The first-order valence-electron chi connectivity index (χ1n) is 5.28. The van der Waals surface area contributed by atoms with Crippen LogP contribution in [0.2, 0.25) is 0 Å². The number of benzene rings is 1. The molecule has 0 amide bonds. The molecule has 2 aliphatic heterocycles. The van der Waals surface area contributed by atoms with Crippen molar-refractivity contribution >= 4 is 22.6 Å². The zero-order chi connectivity index (χ0) is 11.6. The molecular weight excluding hydrogens is 315 g/mol. The summed E-state index contributed by atoms with van der Waals surface area (Å²) in [6, 6.07) is 4.14. The summed E-state index contributed by atoms with van der Waals surface area (Å²) in [7, 11) is 1.71. The maximum atomic E-state index is 6.13. The Morgan fingerprint density at radius 1 is 1.19 bits per heavy atom. The standard InChI is InChI=1S/C13H13IO2/c1-12-6-7-13(2,16-12)10-8(12)4-5-9(15-3)11(10)14/h4-7H,1-3H3/t12-,13+/m0/s1. The molecule has 0 fully saturated rings. The summed E-state index contributed by atoms with van der Waals surface area (Å²) in [5.74, 6) is 0.925. The van der Waals surface area contributed by atoms with Gasteiger partial charge in [0.25, 0.3) is 0 Å². The van der Waals surface area contributed by atoms with Gasteiger partial charge in [-0.25, -0.2) is 0 Å². The molecule has 0 spiro atoms. The average molecular weight is 328 g/mol. The molecule has 0 saturated heterocycles. The highest BCUT2D eigenvalue weighted by molar-refractivity contribution is 14.1. The molecule has 0 N–H and O–H groups in total. The van der Waals surface area contributed by atoms with Gasteiger partial charge in [-0.15, -0.1) is 0 Å². The fraction of sp³-hybridized carbons (Fsp3) is 0.385. The van der Waals surface area contributed by atoms with Gasteiger partial charge in [-0.05, 0) is 60.2 Å². The van der Waals surface area contributed by atoms with Gasteiger partial charge in [-0.1, -0.05) is 6.07 Å². The van der Waals surface area contributed by atoms with Gasteiger partial charge < -0.3 is 9.47 Å². The Morgan fingerprint density at radius 2 is 1.88 bits per heavy atom. The molecule has 16 heavy (non-hydrogen) atoms. The van der Waals surface area contributed by atoms with E-state index in [2.05, 4.69) is 54.7 Å². The summed E-state index contributed by atoms with van der Waals surface area (Å²) in [6.07, 6.45) is 4.30. The second-order valence-electron chi connectivity index (χ2n) is 4.65. The molecule has 2 aliphatic rings. The second kappa shape index (κ2) is 3.01. The van der Waals surface area contributed by atoms with Crippen LogP contribution in [-0.2, 0) is 15.9 Å². The van der Waals surface area contributed by atoms with Gasteiger partial charge in [0.05, 0.1) is 10.7 Å². The van der Waals surface area contributed by atoms with Crippen molar-refractivity contribution < 1.29 is 9.47 Å². The highest BCUT2D eigenvalue weighted by Gasteiger charge is 2.51. The lowest BCUT2D eigenvalue weighted by Crippen LogP contribution is -2.17. The molecule has 3 rings (SSSR count). The van der Waals surface area contributed by atoms with Crippen LogP contribution in [0.25, 0.3) is 0 Å². The van der Waals surface area contributed by atoms with Gasteiger partial charge >= 0.3 is 0 Å². The highest BCUT2D eigenvalue weighted by atomic mass is 127. The number of hydrogen-bond acceptors (Lipinski definition) is 2. The van der Waals surface area contributed by atoms with Crippen LogP contribution in [0.1, 0.15) is 25.0 Å². The zero-order valence-corrected chi connectivity index (χ0v) is 11.7. The van der Waals surface area contributed by atoms with Crippen molar-refractivity contribution in [2.45, 2.75) is 25.0 Å². The van der Waals surface area contributed by atoms with Gasteiger partial charge in [-0.3, -0.25) is 0 Å². The van der Waals surface area contributed by atoms with E-state index in [9.17, 15) is 0 Å². The van der Waals surface area contributed by atoms with E-state index in [1.807, 2.05) is 6.07 Å². The minimum absolute atomic E-state index is 0.254. The quantitative estimate of drug-likeness (QED) is 0.582. The fourth-order valence-electron chi connectivity index (χ4n) is 2.72. The number of ether oxygens (including phenoxy) is 2. The second-order valence-corrected chi connectivity index (χ2v) is 5.73. The van der Waals surface area contributed by atoms with Crippen LogP contribution in [0, 0.1) is 3.57 Å². The lowest BCUT2D eigenvalue weighted by Gasteiger charge is -2.20. The lowest BCUT2D eigenvalue weighted by molar-refractivity contribution is -0.0497. The molecule has 84 valence electrons. The Balaban J connectivity index is 2.32. The van der Waals surface area contributed by atoms with E-state index < -0.39 is 0 Å². The normalized spacial score (nSPS) is 34.2. The minimum atomic E-state index is -0.283. The fourth-order valence-corrected chi connectivity index (χ4v) is 3.95. The number of hydrogen-bond donors (Lipinski definition) is 0. The Kier molecular flexibility index (Phi) is 2.00. The van der Waals surface area contributed by atoms with E-state index in [0.717, 1.165) is 9.32 Å². The van der Waals surface area contributed by atoms with E-state index in [-0.39, 0.29) is 11.2 Å². The van der Waals surface area contributed by atoms with Gasteiger partial charge in [0.1, 0.15) is 17.0 Å². The zero-order valence-electron chi connectivity index (χ0n) is 9.50. The van der Waals surface area contributed by atoms with Crippen molar-refractivity contribution in [1.82, 2.24) is 0 Å². The number of rotatable bonds is 1. The highest BCUT2D eigenvalue weighted by Crippen LogP contribution is 2.55. The minimum Gasteiger partial charge on any atom is -0.496 e. The predicted octanol–water partition coefficient (Wildman–Crippen LogP) is 3.33. The van der Waals surface area contributed by atoms with Crippen molar-refractivity contribution in [3.8, 4) is 5.75 Å². The van der Waals surface area contributed by atoms with Crippen LogP contribution in [-0.4, -0.2) is 7.11 Å². The molecular formula is C13H13IO2. The van der Waals surface area contributed by atoms with Crippen molar-refractivity contribution in [2.75, 3.05) is 7.11 Å². The molecule has 2 atom stereocenters. The first kappa shape index (κ1) is 10.6. The van der Waals surface area contributed by atoms with Gasteiger partial charge in [0, 0.05) is 5.56 Å². The molecule has 0 aromatic heterocycles. The molecule has 2 bridgehead atoms. The van der Waals surface area contributed by atoms with Crippen LogP contribution in [0.4, 0.5) is 0 Å². The number of methoxy groups -OCH3 is 1. The third-order valence-corrected chi connectivity index (χ3v) is 4.57. The SMILES string of the molecule is COc1ccc2c(c1I)[C@@]1(C)C=C[C@]2(C)O1. The Morgan fingerprint density at radius 3 is 2.56 bits per heavy atom. The third kappa shape index (κ3) is 1.10. The first-order chi connectivity index (χ1) is 7.50. The summed E-state index contributed by atoms with van der Waals surface area (Å²) >= 11 is 2.34. The molecule has 2 nitrogen and oxygen atoms in total. The molecule has 1 aromatic carbocycles. The molecule has 3 heteroatoms. The van der Waals surface area contributed by atoms with Crippen molar-refractivity contribution in [2.24, 2.45) is 0 Å². The molecule has 0 unspecified atom stereocenters. The van der Waals surface area contributed by atoms with Crippen LogP contribution >= 0.6 is 22.6 Å². The van der Waals surface area contributed by atoms with Crippen LogP contribution in [0.5, 0.6) is 5.75 Å². The average Bonchev–Trinajstić information content (AvgIpc) is 2.66. The maximum absolute atomic E-state index is 6.13. The third-order valence-electron chi connectivity index (χ3n) is 3.50. The van der Waals surface area contributed by atoms with Gasteiger partial charge in [-0.2, -0.15) is 0 Å². The van der Waals surface area contributed by atoms with E-state index in [0.29, 0.717) is 0 Å². The van der Waals surface area contributed by atoms with E-state index >= 15 is 0 Å². The molecule has 0 aliphatic carbocycles. The number of fused-ring (bicyclic) bond motifs is 5. The largest absolute Gasteiger partial charge is 0.496 e. The predicted molar refractivity (Wildman–Crippen MR) is 70.6 cm³/mol. The molecule has 2 heterocycles. The summed E-state index contributed by atoms with van der Waals surface area (Å²) in [6.45, 7) is 4.23. The molecule has 0 saturated carbocycles. The van der Waals surface area contributed by atoms with E-state index in [1.54, 1.807) is 7.11 Å². The van der Waals surface area contributed by atoms with Crippen LogP contribution < -0.4 is 4.74 Å². The van der Waals surface area contributed by atoms with Crippen LogP contribution in [0.3, 0.4) is 0 Å². The van der Waals surface area contributed by atoms with Gasteiger partial charge in [0.2, 0.25) is 0 Å². The first-order valence-corrected chi connectivity index (χ1v) is 6.36. The van der Waals surface area contributed by atoms with Crippen molar-refractivity contribution in [3.05, 3.63) is 39.0 Å². The van der Waals surface area contributed by atoms with Crippen molar-refractivity contribution in [3.63, 3.8) is 0 Å². The summed E-state index contributed by atoms with van der Waals surface area (Å²) in [4.78, 5) is 0. The Labute approximate surface area is 109 Å². The summed E-state index contributed by atoms with van der Waals surface area (Å²) in [5, 5.41) is 0. The van der Waals surface area contributed by atoms with Crippen LogP contribution in [0.15, 0.2) is 24.3 Å². The maximum Gasteiger partial charge on any atom is 0.132 e. The summed E-state index contributed by atoms with van der Waals surface area (Å²) < 4.78 is 12.7. The number of halogens is 1. The lowest BCUT2D eigenvalue weighted by atomic mass is 9.83. The van der Waals surface area contributed by atoms with E-state index in [4.69, 9.17) is 9.47 Å². The monoisotopic (exact) mass is 328 g/mol. The van der Waals surface area contributed by atoms with E-state index in [1.165, 1.54) is 11.1 Å². The summed E-state index contributed by atoms with van der Waals surface area (Å²) in [5.41, 5.74) is 1.99. The Bertz CT molecular complexity index is 509. The Hall–Kier alpha value is -0.550.